The van der Waals surface area contributed by atoms with Crippen molar-refractivity contribution in [2.24, 2.45) is 0 Å². The molecule has 24 heavy (non-hydrogen) atoms. The van der Waals surface area contributed by atoms with Crippen LogP contribution >= 0.6 is 23.2 Å². The number of fused-ring (bicyclic) bond motifs is 1. The number of imide groups is 1. The zero-order valence-corrected chi connectivity index (χ0v) is 13.6. The lowest BCUT2D eigenvalue weighted by molar-refractivity contribution is -0.116. The molecule has 0 saturated carbocycles. The van der Waals surface area contributed by atoms with Crippen molar-refractivity contribution in [2.45, 2.75) is 0 Å². The SMILES string of the molecule is O=C(CN1C(=O)c2ccccc2C1=O)Nc1cc(Cl)c(O)c(Cl)c1. The summed E-state index contributed by atoms with van der Waals surface area (Å²) >= 11 is 11.6. The van der Waals surface area contributed by atoms with E-state index in [-0.39, 0.29) is 32.6 Å². The topological polar surface area (TPSA) is 86.7 Å². The fourth-order valence-electron chi connectivity index (χ4n) is 2.36. The predicted molar refractivity (Wildman–Crippen MR) is 88.6 cm³/mol. The van der Waals surface area contributed by atoms with Gasteiger partial charge in [-0.3, -0.25) is 19.3 Å². The molecule has 2 N–H and O–H groups in total. The number of nitrogens with zero attached hydrogens (tertiary/aromatic N) is 1. The number of phenols is 1. The molecule has 0 saturated heterocycles. The van der Waals surface area contributed by atoms with Gasteiger partial charge in [-0.2, -0.15) is 0 Å². The van der Waals surface area contributed by atoms with E-state index in [4.69, 9.17) is 23.2 Å². The van der Waals surface area contributed by atoms with Gasteiger partial charge in [0.15, 0.2) is 5.75 Å². The number of anilines is 1. The van der Waals surface area contributed by atoms with Crippen LogP contribution in [-0.2, 0) is 4.79 Å². The highest BCUT2D eigenvalue weighted by atomic mass is 35.5. The molecule has 3 rings (SSSR count). The lowest BCUT2D eigenvalue weighted by atomic mass is 10.1. The third-order valence-electron chi connectivity index (χ3n) is 3.48. The largest absolute Gasteiger partial charge is 0.505 e. The first kappa shape index (κ1) is 16.3. The summed E-state index contributed by atoms with van der Waals surface area (Å²) in [5, 5.41) is 11.9. The van der Waals surface area contributed by atoms with E-state index in [1.54, 1.807) is 12.1 Å². The Balaban J connectivity index is 1.75. The summed E-state index contributed by atoms with van der Waals surface area (Å²) in [7, 11) is 0. The van der Waals surface area contributed by atoms with Gasteiger partial charge in [-0.05, 0) is 24.3 Å². The number of nitrogens with one attached hydrogen (secondary N) is 1. The average molecular weight is 365 g/mol. The molecule has 2 aromatic carbocycles. The monoisotopic (exact) mass is 364 g/mol. The highest BCUT2D eigenvalue weighted by molar-refractivity contribution is 6.37. The van der Waals surface area contributed by atoms with Crippen LogP contribution in [0.25, 0.3) is 0 Å². The molecule has 0 unspecified atom stereocenters. The van der Waals surface area contributed by atoms with E-state index in [0.717, 1.165) is 4.90 Å². The maximum atomic E-state index is 12.2. The fourth-order valence-corrected chi connectivity index (χ4v) is 2.85. The van der Waals surface area contributed by atoms with E-state index < -0.39 is 24.3 Å². The zero-order valence-electron chi connectivity index (χ0n) is 12.0. The minimum atomic E-state index is -0.595. The molecule has 0 fully saturated rings. The summed E-state index contributed by atoms with van der Waals surface area (Å²) in [6.45, 7) is -0.442. The molecule has 2 aromatic rings. The van der Waals surface area contributed by atoms with Crippen molar-refractivity contribution in [3.05, 3.63) is 57.6 Å². The summed E-state index contributed by atoms with van der Waals surface area (Å²) in [6.07, 6.45) is 0. The number of benzene rings is 2. The zero-order chi connectivity index (χ0) is 17.4. The molecule has 122 valence electrons. The van der Waals surface area contributed by atoms with Crippen molar-refractivity contribution in [3.63, 3.8) is 0 Å². The molecule has 0 atom stereocenters. The Kier molecular flexibility index (Phi) is 4.17. The third kappa shape index (κ3) is 2.81. The molecular formula is C16H10Cl2N2O4. The number of halogens is 2. The van der Waals surface area contributed by atoms with Crippen molar-refractivity contribution in [2.75, 3.05) is 11.9 Å². The Morgan fingerprint density at radius 1 is 1.04 bits per heavy atom. The summed E-state index contributed by atoms with van der Waals surface area (Å²) in [4.78, 5) is 37.4. The molecule has 1 aliphatic heterocycles. The summed E-state index contributed by atoms with van der Waals surface area (Å²) in [5.41, 5.74) is 0.779. The van der Waals surface area contributed by atoms with Gasteiger partial charge >= 0.3 is 0 Å². The Bertz CT molecular complexity index is 824. The lowest BCUT2D eigenvalue weighted by Gasteiger charge is -2.14. The summed E-state index contributed by atoms with van der Waals surface area (Å²) < 4.78 is 0. The number of carbonyl (C=O) groups is 3. The maximum absolute atomic E-state index is 12.2. The van der Waals surface area contributed by atoms with Gasteiger partial charge in [-0.1, -0.05) is 35.3 Å². The first-order valence-electron chi connectivity index (χ1n) is 6.81. The van der Waals surface area contributed by atoms with Crippen molar-refractivity contribution >= 4 is 46.6 Å². The Labute approximate surface area is 146 Å². The van der Waals surface area contributed by atoms with Crippen LogP contribution in [0.4, 0.5) is 5.69 Å². The second kappa shape index (κ2) is 6.14. The Morgan fingerprint density at radius 2 is 1.54 bits per heavy atom. The average Bonchev–Trinajstić information content (AvgIpc) is 2.78. The van der Waals surface area contributed by atoms with Gasteiger partial charge in [-0.15, -0.1) is 0 Å². The van der Waals surface area contributed by atoms with Gasteiger partial charge in [0, 0.05) is 5.69 Å². The lowest BCUT2D eigenvalue weighted by Crippen LogP contribution is -2.37. The van der Waals surface area contributed by atoms with Gasteiger partial charge in [-0.25, -0.2) is 0 Å². The number of hydrogen-bond donors (Lipinski definition) is 2. The number of rotatable bonds is 3. The van der Waals surface area contributed by atoms with E-state index in [9.17, 15) is 19.5 Å². The van der Waals surface area contributed by atoms with Crippen LogP contribution in [0.15, 0.2) is 36.4 Å². The van der Waals surface area contributed by atoms with Gasteiger partial charge < -0.3 is 10.4 Å². The van der Waals surface area contributed by atoms with Gasteiger partial charge in [0.05, 0.1) is 21.2 Å². The van der Waals surface area contributed by atoms with Crippen LogP contribution < -0.4 is 5.32 Å². The minimum Gasteiger partial charge on any atom is -0.505 e. The molecule has 6 nitrogen and oxygen atoms in total. The number of carbonyl (C=O) groups excluding carboxylic acids is 3. The van der Waals surface area contributed by atoms with E-state index in [0.29, 0.717) is 0 Å². The molecule has 3 amide bonds. The van der Waals surface area contributed by atoms with Crippen molar-refractivity contribution in [3.8, 4) is 5.75 Å². The van der Waals surface area contributed by atoms with Gasteiger partial charge in [0.2, 0.25) is 5.91 Å². The van der Waals surface area contributed by atoms with Crippen LogP contribution in [0.5, 0.6) is 5.75 Å². The maximum Gasteiger partial charge on any atom is 0.262 e. The van der Waals surface area contributed by atoms with Crippen molar-refractivity contribution in [1.29, 1.82) is 0 Å². The van der Waals surface area contributed by atoms with Crippen LogP contribution in [0.1, 0.15) is 20.7 Å². The Morgan fingerprint density at radius 3 is 2.04 bits per heavy atom. The van der Waals surface area contributed by atoms with Gasteiger partial charge in [0.1, 0.15) is 6.54 Å². The second-order valence-corrected chi connectivity index (χ2v) is 5.89. The molecular weight excluding hydrogens is 355 g/mol. The van der Waals surface area contributed by atoms with E-state index in [1.807, 2.05) is 0 Å². The standard InChI is InChI=1S/C16H10Cl2N2O4/c17-11-5-8(6-12(18)14(11)22)19-13(21)7-20-15(23)9-3-1-2-4-10(9)16(20)24/h1-6,22H,7H2,(H,19,21). The molecule has 0 radical (unpaired) electrons. The molecule has 0 bridgehead atoms. The highest BCUT2D eigenvalue weighted by Gasteiger charge is 2.36. The predicted octanol–water partition coefficient (Wildman–Crippen LogP) is 2.93. The van der Waals surface area contributed by atoms with E-state index in [1.165, 1.54) is 24.3 Å². The summed E-state index contributed by atoms with van der Waals surface area (Å²) in [6, 6.07) is 8.98. The molecule has 0 aromatic heterocycles. The molecule has 1 heterocycles. The number of amides is 3. The van der Waals surface area contributed by atoms with Crippen molar-refractivity contribution in [1.82, 2.24) is 4.90 Å². The van der Waals surface area contributed by atoms with Crippen LogP contribution in [0.2, 0.25) is 10.0 Å². The molecule has 8 heteroatoms. The van der Waals surface area contributed by atoms with Gasteiger partial charge in [0.25, 0.3) is 11.8 Å². The third-order valence-corrected chi connectivity index (χ3v) is 4.06. The highest BCUT2D eigenvalue weighted by Crippen LogP contribution is 2.34. The number of phenolic OH excluding ortho intramolecular Hbond substituents is 1. The summed E-state index contributed by atoms with van der Waals surface area (Å²) in [5.74, 6) is -1.93. The van der Waals surface area contributed by atoms with E-state index in [2.05, 4.69) is 5.32 Å². The number of aromatic hydroxyl groups is 1. The quantitative estimate of drug-likeness (QED) is 0.647. The fraction of sp³-hybridized carbons (Fsp3) is 0.0625. The van der Waals surface area contributed by atoms with Crippen LogP contribution in [0.3, 0.4) is 0 Å². The first-order valence-corrected chi connectivity index (χ1v) is 7.57. The van der Waals surface area contributed by atoms with Crippen LogP contribution in [0, 0.1) is 0 Å². The minimum absolute atomic E-state index is 0.0291. The normalized spacial score (nSPS) is 13.2. The second-order valence-electron chi connectivity index (χ2n) is 5.08. The van der Waals surface area contributed by atoms with E-state index >= 15 is 0 Å². The van der Waals surface area contributed by atoms with Crippen molar-refractivity contribution < 1.29 is 19.5 Å². The molecule has 0 aliphatic carbocycles. The smallest absolute Gasteiger partial charge is 0.262 e. The number of hydrogen-bond acceptors (Lipinski definition) is 4. The van der Waals surface area contributed by atoms with Crippen LogP contribution in [-0.4, -0.2) is 34.3 Å². The molecule has 1 aliphatic rings. The first-order chi connectivity index (χ1) is 11.4. The Hall–Kier alpha value is -2.57. The molecule has 0 spiro atoms.